The Bertz CT molecular complexity index is 1060. The number of carbonyl (C=O) groups is 2. The van der Waals surface area contributed by atoms with Gasteiger partial charge in [0.1, 0.15) is 0 Å². The average molecular weight is 479 g/mol. The number of hydrogen-bond acceptors (Lipinski definition) is 5. The molecule has 0 aliphatic carbocycles. The Morgan fingerprint density at radius 1 is 1.19 bits per heavy atom. The van der Waals surface area contributed by atoms with Crippen molar-refractivity contribution >= 4 is 39.2 Å². The Balaban J connectivity index is 1.59. The van der Waals surface area contributed by atoms with Crippen molar-refractivity contribution in [2.24, 2.45) is 5.92 Å². The molecule has 172 valence electrons. The molecule has 0 aromatic heterocycles. The maximum absolute atomic E-state index is 12.8. The van der Waals surface area contributed by atoms with Gasteiger partial charge in [-0.25, -0.2) is 17.5 Å². The fraction of sp³-hybridized carbons (Fsp3) is 0.391. The summed E-state index contributed by atoms with van der Waals surface area (Å²) >= 11 is 6.02. The van der Waals surface area contributed by atoms with Crippen molar-refractivity contribution in [3.8, 4) is 0 Å². The average Bonchev–Trinajstić information content (AvgIpc) is 2.80. The van der Waals surface area contributed by atoms with E-state index in [2.05, 4.69) is 5.32 Å². The summed E-state index contributed by atoms with van der Waals surface area (Å²) in [7, 11) is -2.19. The maximum Gasteiger partial charge on any atom is 0.339 e. The van der Waals surface area contributed by atoms with Gasteiger partial charge in [0, 0.05) is 18.8 Å². The number of hydrogen-bond donors (Lipinski definition) is 1. The number of esters is 1. The van der Waals surface area contributed by atoms with Gasteiger partial charge in [0.05, 0.1) is 29.4 Å². The van der Waals surface area contributed by atoms with E-state index >= 15 is 0 Å². The Labute approximate surface area is 193 Å². The van der Waals surface area contributed by atoms with Crippen molar-refractivity contribution in [2.75, 3.05) is 31.3 Å². The van der Waals surface area contributed by atoms with Gasteiger partial charge >= 0.3 is 5.97 Å². The molecule has 1 amide bonds. The summed E-state index contributed by atoms with van der Waals surface area (Å²) in [5, 5.41) is 2.99. The number of aryl methyl sites for hydroxylation is 1. The van der Waals surface area contributed by atoms with Crippen LogP contribution in [0.15, 0.2) is 48.5 Å². The smallest absolute Gasteiger partial charge is 0.339 e. The number of halogens is 1. The van der Waals surface area contributed by atoms with Gasteiger partial charge in [0.25, 0.3) is 0 Å². The van der Waals surface area contributed by atoms with Crippen LogP contribution >= 0.6 is 11.6 Å². The molecule has 1 aliphatic heterocycles. The first-order valence-electron chi connectivity index (χ1n) is 10.5. The second-order valence-electron chi connectivity index (χ2n) is 7.78. The molecule has 1 saturated heterocycles. The zero-order valence-electron chi connectivity index (χ0n) is 17.9. The minimum atomic E-state index is -3.45. The van der Waals surface area contributed by atoms with Gasteiger partial charge in [-0.1, -0.05) is 41.9 Å². The molecule has 1 atom stereocenters. The van der Waals surface area contributed by atoms with Crippen molar-refractivity contribution < 1.29 is 22.7 Å². The monoisotopic (exact) mass is 478 g/mol. The number of piperidine rings is 1. The third kappa shape index (κ3) is 6.31. The van der Waals surface area contributed by atoms with Gasteiger partial charge in [-0.3, -0.25) is 4.79 Å². The minimum Gasteiger partial charge on any atom is -0.465 e. The molecule has 2 aromatic carbocycles. The van der Waals surface area contributed by atoms with Crippen LogP contribution in [0.25, 0.3) is 0 Å². The molecule has 0 saturated carbocycles. The van der Waals surface area contributed by atoms with Crippen LogP contribution in [-0.2, 0) is 26.0 Å². The predicted molar refractivity (Wildman–Crippen MR) is 124 cm³/mol. The van der Waals surface area contributed by atoms with Gasteiger partial charge in [0.15, 0.2) is 0 Å². The number of methoxy groups -OCH3 is 1. The predicted octanol–water partition coefficient (Wildman–Crippen LogP) is 3.74. The fourth-order valence-corrected chi connectivity index (χ4v) is 5.53. The summed E-state index contributed by atoms with van der Waals surface area (Å²) in [5.41, 5.74) is 1.66. The first-order valence-corrected chi connectivity index (χ1v) is 12.5. The van der Waals surface area contributed by atoms with Crippen LogP contribution in [0.5, 0.6) is 0 Å². The van der Waals surface area contributed by atoms with Crippen molar-refractivity contribution in [1.29, 1.82) is 0 Å². The summed E-state index contributed by atoms with van der Waals surface area (Å²) in [4.78, 5) is 24.6. The first-order chi connectivity index (χ1) is 15.3. The topological polar surface area (TPSA) is 92.8 Å². The van der Waals surface area contributed by atoms with Gasteiger partial charge in [-0.15, -0.1) is 0 Å². The maximum atomic E-state index is 12.8. The second kappa shape index (κ2) is 10.9. The Kier molecular flexibility index (Phi) is 8.28. The molecule has 1 N–H and O–H groups in total. The molecule has 9 heteroatoms. The third-order valence-corrected chi connectivity index (χ3v) is 7.75. The molecule has 0 unspecified atom stereocenters. The molecule has 1 fully saturated rings. The van der Waals surface area contributed by atoms with Crippen molar-refractivity contribution in [3.05, 3.63) is 64.7 Å². The second-order valence-corrected chi connectivity index (χ2v) is 10.3. The van der Waals surface area contributed by atoms with Crippen LogP contribution < -0.4 is 5.32 Å². The fourth-order valence-electron chi connectivity index (χ4n) is 3.76. The third-order valence-electron chi connectivity index (χ3n) is 5.50. The van der Waals surface area contributed by atoms with E-state index in [-0.39, 0.29) is 28.8 Å². The van der Waals surface area contributed by atoms with Crippen LogP contribution in [0.4, 0.5) is 5.69 Å². The molecule has 1 aliphatic rings. The SMILES string of the molecule is COC(=O)c1cc(NC(=O)[C@H]2CCCN(S(=O)(=O)CCCc3ccccc3)C2)ccc1Cl. The van der Waals surface area contributed by atoms with E-state index in [4.69, 9.17) is 16.3 Å². The van der Waals surface area contributed by atoms with E-state index in [9.17, 15) is 18.0 Å². The number of carbonyl (C=O) groups excluding carboxylic acids is 2. The van der Waals surface area contributed by atoms with E-state index in [0.29, 0.717) is 37.9 Å². The van der Waals surface area contributed by atoms with Crippen LogP contribution in [0.3, 0.4) is 0 Å². The Hall–Kier alpha value is -2.42. The summed E-state index contributed by atoms with van der Waals surface area (Å²) in [5.74, 6) is -1.30. The van der Waals surface area contributed by atoms with Crippen molar-refractivity contribution in [1.82, 2.24) is 4.31 Å². The van der Waals surface area contributed by atoms with Crippen LogP contribution in [0.1, 0.15) is 35.2 Å². The van der Waals surface area contributed by atoms with Crippen molar-refractivity contribution in [3.63, 3.8) is 0 Å². The lowest BCUT2D eigenvalue weighted by Gasteiger charge is -2.31. The number of ether oxygens (including phenoxy) is 1. The summed E-state index contributed by atoms with van der Waals surface area (Å²) in [6.07, 6.45) is 2.43. The normalized spacial score (nSPS) is 17.0. The summed E-state index contributed by atoms with van der Waals surface area (Å²) in [6.45, 7) is 0.571. The van der Waals surface area contributed by atoms with E-state index in [0.717, 1.165) is 5.56 Å². The summed E-state index contributed by atoms with van der Waals surface area (Å²) in [6, 6.07) is 14.3. The number of sulfonamides is 1. The molecule has 7 nitrogen and oxygen atoms in total. The molecular weight excluding hydrogens is 452 g/mol. The molecule has 0 radical (unpaired) electrons. The quantitative estimate of drug-likeness (QED) is 0.583. The lowest BCUT2D eigenvalue weighted by Crippen LogP contribution is -2.44. The molecule has 0 spiro atoms. The molecule has 0 bridgehead atoms. The number of anilines is 1. The Morgan fingerprint density at radius 2 is 1.94 bits per heavy atom. The highest BCUT2D eigenvalue weighted by Gasteiger charge is 2.32. The van der Waals surface area contributed by atoms with Gasteiger partial charge in [0.2, 0.25) is 15.9 Å². The number of nitrogens with zero attached hydrogens (tertiary/aromatic N) is 1. The van der Waals surface area contributed by atoms with E-state index in [1.165, 1.54) is 23.5 Å². The highest BCUT2D eigenvalue weighted by molar-refractivity contribution is 7.89. The van der Waals surface area contributed by atoms with Crippen LogP contribution in [0.2, 0.25) is 5.02 Å². The molecule has 32 heavy (non-hydrogen) atoms. The molecular formula is C23H27ClN2O5S. The number of nitrogens with one attached hydrogen (secondary N) is 1. The van der Waals surface area contributed by atoms with E-state index in [1.54, 1.807) is 6.07 Å². The van der Waals surface area contributed by atoms with E-state index in [1.807, 2.05) is 30.3 Å². The standard InChI is InChI=1S/C23H27ClN2O5S/c1-31-23(28)20-15-19(11-12-21(20)24)25-22(27)18-10-5-13-26(16-18)32(29,30)14-6-9-17-7-3-2-4-8-17/h2-4,7-8,11-12,15,18H,5-6,9-10,13-14,16H2,1H3,(H,25,27)/t18-/m0/s1. The lowest BCUT2D eigenvalue weighted by molar-refractivity contribution is -0.120. The number of amides is 1. The number of rotatable bonds is 8. The highest BCUT2D eigenvalue weighted by atomic mass is 35.5. The van der Waals surface area contributed by atoms with Crippen LogP contribution in [-0.4, -0.2) is 50.6 Å². The molecule has 3 rings (SSSR count). The molecule has 1 heterocycles. The van der Waals surface area contributed by atoms with Gasteiger partial charge in [-0.05, 0) is 49.4 Å². The van der Waals surface area contributed by atoms with Gasteiger partial charge in [-0.2, -0.15) is 0 Å². The van der Waals surface area contributed by atoms with Crippen LogP contribution in [0, 0.1) is 5.92 Å². The zero-order chi connectivity index (χ0) is 23.1. The first kappa shape index (κ1) is 24.2. The summed E-state index contributed by atoms with van der Waals surface area (Å²) < 4.78 is 31.8. The minimum absolute atomic E-state index is 0.0515. The van der Waals surface area contributed by atoms with E-state index < -0.39 is 21.9 Å². The zero-order valence-corrected chi connectivity index (χ0v) is 19.5. The highest BCUT2D eigenvalue weighted by Crippen LogP contribution is 2.24. The van der Waals surface area contributed by atoms with Gasteiger partial charge < -0.3 is 10.1 Å². The lowest BCUT2D eigenvalue weighted by atomic mass is 9.98. The Morgan fingerprint density at radius 3 is 2.66 bits per heavy atom. The largest absolute Gasteiger partial charge is 0.465 e. The molecule has 2 aromatic rings. The number of benzene rings is 2. The van der Waals surface area contributed by atoms with Crippen molar-refractivity contribution in [2.45, 2.75) is 25.7 Å².